The van der Waals surface area contributed by atoms with Gasteiger partial charge in [-0.15, -0.1) is 0 Å². The Morgan fingerprint density at radius 2 is 1.95 bits per heavy atom. The van der Waals surface area contributed by atoms with Crippen molar-refractivity contribution in [1.82, 2.24) is 5.32 Å². The third-order valence-electron chi connectivity index (χ3n) is 3.60. The van der Waals surface area contributed by atoms with Gasteiger partial charge in [0.25, 0.3) is 0 Å². The van der Waals surface area contributed by atoms with Crippen molar-refractivity contribution in [3.63, 3.8) is 0 Å². The molecule has 0 saturated heterocycles. The molecule has 0 spiro atoms. The molecule has 1 aromatic rings. The fourth-order valence-electron chi connectivity index (χ4n) is 2.37. The summed E-state index contributed by atoms with van der Waals surface area (Å²) in [4.78, 5) is 0. The summed E-state index contributed by atoms with van der Waals surface area (Å²) in [5, 5.41) is 4.39. The maximum Gasteiger partial charge on any atom is 0.0846 e. The van der Waals surface area contributed by atoms with Crippen LogP contribution in [0.2, 0.25) is 5.02 Å². The first-order valence-corrected chi connectivity index (χ1v) is 7.58. The Bertz CT molecular complexity index is 383. The first-order chi connectivity index (χ1) is 9.09. The molecule has 2 atom stereocenters. The van der Waals surface area contributed by atoms with Crippen molar-refractivity contribution >= 4 is 11.6 Å². The summed E-state index contributed by atoms with van der Waals surface area (Å²) in [6, 6.07) is 8.14. The predicted molar refractivity (Wildman–Crippen MR) is 82.8 cm³/mol. The number of benzene rings is 1. The Hall–Kier alpha value is -0.570. The van der Waals surface area contributed by atoms with Crippen molar-refractivity contribution in [1.29, 1.82) is 0 Å². The molecule has 0 heterocycles. The predicted octanol–water partition coefficient (Wildman–Crippen LogP) is 4.59. The van der Waals surface area contributed by atoms with Crippen LogP contribution in [0.25, 0.3) is 0 Å². The first-order valence-electron chi connectivity index (χ1n) is 7.20. The molecule has 0 radical (unpaired) electrons. The summed E-state index contributed by atoms with van der Waals surface area (Å²) >= 11 is 6.37. The topological polar surface area (TPSA) is 21.3 Å². The highest BCUT2D eigenvalue weighted by molar-refractivity contribution is 6.31. The molecule has 0 bridgehead atoms. The Balaban J connectivity index is 3.09. The molecule has 0 fully saturated rings. The van der Waals surface area contributed by atoms with E-state index < -0.39 is 0 Å². The second kappa shape index (κ2) is 7.88. The average Bonchev–Trinajstić information content (AvgIpc) is 2.41. The molecule has 3 heteroatoms. The lowest BCUT2D eigenvalue weighted by Crippen LogP contribution is -2.44. The van der Waals surface area contributed by atoms with Crippen molar-refractivity contribution in [2.75, 3.05) is 13.2 Å². The Labute approximate surface area is 122 Å². The van der Waals surface area contributed by atoms with Crippen molar-refractivity contribution in [2.45, 2.75) is 52.2 Å². The van der Waals surface area contributed by atoms with Gasteiger partial charge in [0.15, 0.2) is 0 Å². The van der Waals surface area contributed by atoms with Gasteiger partial charge in [-0.25, -0.2) is 0 Å². The maximum atomic E-state index is 6.37. The van der Waals surface area contributed by atoms with Gasteiger partial charge in [0.2, 0.25) is 0 Å². The summed E-state index contributed by atoms with van der Waals surface area (Å²) in [5.74, 6) is 0. The van der Waals surface area contributed by atoms with Gasteiger partial charge in [-0.3, -0.25) is 0 Å². The highest BCUT2D eigenvalue weighted by Crippen LogP contribution is 2.35. The third kappa shape index (κ3) is 4.20. The van der Waals surface area contributed by atoms with E-state index in [2.05, 4.69) is 32.2 Å². The highest BCUT2D eigenvalue weighted by Gasteiger charge is 2.35. The molecule has 0 saturated carbocycles. The van der Waals surface area contributed by atoms with E-state index in [-0.39, 0.29) is 11.6 Å². The van der Waals surface area contributed by atoms with E-state index in [0.717, 1.165) is 30.0 Å². The van der Waals surface area contributed by atoms with Gasteiger partial charge in [-0.05, 0) is 44.9 Å². The van der Waals surface area contributed by atoms with Crippen molar-refractivity contribution in [2.24, 2.45) is 0 Å². The Morgan fingerprint density at radius 1 is 1.26 bits per heavy atom. The van der Waals surface area contributed by atoms with Gasteiger partial charge < -0.3 is 10.1 Å². The van der Waals surface area contributed by atoms with Gasteiger partial charge in [-0.1, -0.05) is 43.6 Å². The van der Waals surface area contributed by atoms with Crippen LogP contribution in [0.4, 0.5) is 0 Å². The summed E-state index contributed by atoms with van der Waals surface area (Å²) in [6.07, 6.45) is 2.03. The number of nitrogens with one attached hydrogen (secondary N) is 1. The zero-order valence-corrected chi connectivity index (χ0v) is 13.3. The van der Waals surface area contributed by atoms with E-state index in [1.165, 1.54) is 0 Å². The monoisotopic (exact) mass is 283 g/mol. The molecule has 1 aromatic carbocycles. The van der Waals surface area contributed by atoms with Gasteiger partial charge in [0, 0.05) is 11.6 Å². The smallest absolute Gasteiger partial charge is 0.0846 e. The van der Waals surface area contributed by atoms with Crippen LogP contribution in [0.3, 0.4) is 0 Å². The fraction of sp³-hybridized carbons (Fsp3) is 0.625. The Kier molecular flexibility index (Phi) is 6.84. The van der Waals surface area contributed by atoms with Crippen LogP contribution in [-0.4, -0.2) is 18.8 Å². The van der Waals surface area contributed by atoms with Crippen LogP contribution in [0.1, 0.15) is 52.1 Å². The number of halogens is 1. The number of rotatable bonds is 8. The van der Waals surface area contributed by atoms with E-state index >= 15 is 0 Å². The highest BCUT2D eigenvalue weighted by atomic mass is 35.5. The van der Waals surface area contributed by atoms with Gasteiger partial charge >= 0.3 is 0 Å². The van der Waals surface area contributed by atoms with Gasteiger partial charge in [-0.2, -0.15) is 0 Å². The number of ether oxygens (including phenoxy) is 1. The lowest BCUT2D eigenvalue weighted by Gasteiger charge is -2.38. The molecule has 2 nitrogen and oxygen atoms in total. The molecule has 2 unspecified atom stereocenters. The lowest BCUT2D eigenvalue weighted by molar-refractivity contribution is -0.0562. The molecule has 108 valence electrons. The second-order valence-electron chi connectivity index (χ2n) is 5.01. The first kappa shape index (κ1) is 16.5. The van der Waals surface area contributed by atoms with Gasteiger partial charge in [0.1, 0.15) is 0 Å². The Morgan fingerprint density at radius 3 is 2.47 bits per heavy atom. The standard InChI is InChI=1S/C16H26ClNO/c1-5-12-18-15(16(4,6-2)19-7-3)13-10-8-9-11-14(13)17/h8-11,15,18H,5-7,12H2,1-4H3. The molecule has 0 amide bonds. The largest absolute Gasteiger partial charge is 0.374 e. The van der Waals surface area contributed by atoms with Crippen molar-refractivity contribution < 1.29 is 4.74 Å². The molecule has 19 heavy (non-hydrogen) atoms. The quantitative estimate of drug-likeness (QED) is 0.754. The molecular weight excluding hydrogens is 258 g/mol. The average molecular weight is 284 g/mol. The SMILES string of the molecule is CCCNC(c1ccccc1Cl)C(C)(CC)OCC. The van der Waals surface area contributed by atoms with Crippen molar-refractivity contribution in [3.8, 4) is 0 Å². The van der Waals surface area contributed by atoms with Gasteiger partial charge in [0.05, 0.1) is 11.6 Å². The number of hydrogen-bond acceptors (Lipinski definition) is 2. The van der Waals surface area contributed by atoms with Crippen LogP contribution in [0.15, 0.2) is 24.3 Å². The van der Waals surface area contributed by atoms with Crippen LogP contribution >= 0.6 is 11.6 Å². The van der Waals surface area contributed by atoms with Crippen LogP contribution in [-0.2, 0) is 4.74 Å². The normalized spacial score (nSPS) is 16.1. The maximum absolute atomic E-state index is 6.37. The third-order valence-corrected chi connectivity index (χ3v) is 3.95. The minimum atomic E-state index is -0.241. The molecule has 0 aliphatic carbocycles. The van der Waals surface area contributed by atoms with E-state index in [9.17, 15) is 0 Å². The summed E-state index contributed by atoms with van der Waals surface area (Å²) in [5.41, 5.74) is 0.880. The summed E-state index contributed by atoms with van der Waals surface area (Å²) in [7, 11) is 0. The van der Waals surface area contributed by atoms with Crippen LogP contribution < -0.4 is 5.32 Å². The van der Waals surface area contributed by atoms with E-state index in [4.69, 9.17) is 16.3 Å². The molecule has 0 aliphatic rings. The summed E-state index contributed by atoms with van der Waals surface area (Å²) < 4.78 is 6.03. The van der Waals surface area contributed by atoms with E-state index in [1.807, 2.05) is 25.1 Å². The molecule has 1 rings (SSSR count). The number of hydrogen-bond donors (Lipinski definition) is 1. The zero-order chi connectivity index (χ0) is 14.3. The molecule has 1 N–H and O–H groups in total. The van der Waals surface area contributed by atoms with E-state index in [0.29, 0.717) is 6.61 Å². The molecule has 0 aliphatic heterocycles. The van der Waals surface area contributed by atoms with Crippen LogP contribution in [0, 0.1) is 0 Å². The zero-order valence-electron chi connectivity index (χ0n) is 12.5. The van der Waals surface area contributed by atoms with E-state index in [1.54, 1.807) is 0 Å². The fourth-order valence-corrected chi connectivity index (χ4v) is 2.62. The van der Waals surface area contributed by atoms with Crippen molar-refractivity contribution in [3.05, 3.63) is 34.9 Å². The molecular formula is C16H26ClNO. The summed E-state index contributed by atoms with van der Waals surface area (Å²) in [6.45, 7) is 10.2. The minimum Gasteiger partial charge on any atom is -0.374 e. The molecule has 0 aromatic heterocycles. The second-order valence-corrected chi connectivity index (χ2v) is 5.42. The lowest BCUT2D eigenvalue weighted by atomic mass is 9.87. The van der Waals surface area contributed by atoms with Crippen LogP contribution in [0.5, 0.6) is 0 Å². The minimum absolute atomic E-state index is 0.117.